The Morgan fingerprint density at radius 2 is 1.89 bits per heavy atom. The summed E-state index contributed by atoms with van der Waals surface area (Å²) in [6.07, 6.45) is 2.01. The van der Waals surface area contributed by atoms with Crippen molar-refractivity contribution in [3.05, 3.63) is 59.1 Å². The third kappa shape index (κ3) is 7.58. The fourth-order valence-corrected chi connectivity index (χ4v) is 2.75. The van der Waals surface area contributed by atoms with E-state index >= 15 is 0 Å². The molecule has 0 aliphatic rings. The van der Waals surface area contributed by atoms with Crippen molar-refractivity contribution in [3.63, 3.8) is 0 Å². The molecule has 2 amide bonds. The van der Waals surface area contributed by atoms with Crippen LogP contribution in [0.4, 0.5) is 5.69 Å². The zero-order valence-corrected chi connectivity index (χ0v) is 16.7. The van der Waals surface area contributed by atoms with Gasteiger partial charge in [-0.1, -0.05) is 35.4 Å². The van der Waals surface area contributed by atoms with Gasteiger partial charge in [-0.25, -0.2) is 0 Å². The van der Waals surface area contributed by atoms with E-state index in [1.54, 1.807) is 24.3 Å². The Kier molecular flexibility index (Phi) is 8.78. The molecule has 2 rings (SSSR count). The predicted molar refractivity (Wildman–Crippen MR) is 112 cm³/mol. The number of nitrogens with one attached hydrogen (secondary N) is 2. The Labute approximate surface area is 170 Å². The lowest BCUT2D eigenvalue weighted by atomic mass is 10.1. The number of rotatable bonds is 10. The summed E-state index contributed by atoms with van der Waals surface area (Å²) in [5.74, 6) is -0.153. The maximum atomic E-state index is 12.6. The van der Waals surface area contributed by atoms with E-state index in [2.05, 4.69) is 10.6 Å². The Hall–Kier alpha value is -2.57. The van der Waals surface area contributed by atoms with Gasteiger partial charge < -0.3 is 21.1 Å². The lowest BCUT2D eigenvalue weighted by Crippen LogP contribution is -2.45. The van der Waals surface area contributed by atoms with Gasteiger partial charge in [-0.05, 0) is 63.1 Å². The number of carbonyl (C=O) groups excluding carboxylic acids is 2. The molecule has 6 nitrogen and oxygen atoms in total. The Balaban J connectivity index is 1.93. The average molecular weight is 404 g/mol. The maximum Gasteiger partial charge on any atom is 0.258 e. The highest BCUT2D eigenvalue weighted by atomic mass is 35.5. The van der Waals surface area contributed by atoms with Gasteiger partial charge in [0, 0.05) is 10.7 Å². The van der Waals surface area contributed by atoms with Gasteiger partial charge >= 0.3 is 0 Å². The van der Waals surface area contributed by atoms with Crippen molar-refractivity contribution in [2.75, 3.05) is 18.5 Å². The molecule has 4 N–H and O–H groups in total. The Bertz CT molecular complexity index is 781. The highest BCUT2D eigenvalue weighted by Crippen LogP contribution is 2.17. The van der Waals surface area contributed by atoms with Gasteiger partial charge in [-0.15, -0.1) is 0 Å². The van der Waals surface area contributed by atoms with Crippen molar-refractivity contribution in [2.24, 2.45) is 5.73 Å². The summed E-state index contributed by atoms with van der Waals surface area (Å²) in [7, 11) is 0. The first-order chi connectivity index (χ1) is 13.5. The zero-order valence-electron chi connectivity index (χ0n) is 15.9. The molecular formula is C21H26ClN3O3. The zero-order chi connectivity index (χ0) is 20.4. The van der Waals surface area contributed by atoms with Crippen LogP contribution >= 0.6 is 11.6 Å². The van der Waals surface area contributed by atoms with E-state index in [0.717, 1.165) is 18.4 Å². The van der Waals surface area contributed by atoms with Crippen LogP contribution in [-0.4, -0.2) is 31.0 Å². The molecule has 2 aromatic carbocycles. The molecule has 0 saturated carbocycles. The highest BCUT2D eigenvalue weighted by Gasteiger charge is 2.21. The van der Waals surface area contributed by atoms with Crippen LogP contribution in [-0.2, 0) is 9.59 Å². The van der Waals surface area contributed by atoms with Crippen LogP contribution < -0.4 is 21.1 Å². The van der Waals surface area contributed by atoms with Gasteiger partial charge in [0.05, 0.1) is 0 Å². The number of halogens is 1. The number of unbranched alkanes of at least 4 members (excludes halogenated alkanes) is 1. The number of anilines is 1. The third-order valence-corrected chi connectivity index (χ3v) is 4.32. The first kappa shape index (κ1) is 21.7. The fraction of sp³-hybridized carbons (Fsp3) is 0.333. The minimum Gasteiger partial charge on any atom is -0.484 e. The second-order valence-electron chi connectivity index (χ2n) is 6.51. The van der Waals surface area contributed by atoms with E-state index in [4.69, 9.17) is 22.1 Å². The molecule has 0 radical (unpaired) electrons. The molecule has 0 heterocycles. The van der Waals surface area contributed by atoms with E-state index in [0.29, 0.717) is 29.4 Å². The van der Waals surface area contributed by atoms with Crippen molar-refractivity contribution in [1.29, 1.82) is 0 Å². The van der Waals surface area contributed by atoms with Gasteiger partial charge in [-0.3, -0.25) is 9.59 Å². The molecule has 0 aliphatic carbocycles. The van der Waals surface area contributed by atoms with Crippen molar-refractivity contribution in [2.45, 2.75) is 32.2 Å². The van der Waals surface area contributed by atoms with E-state index in [-0.39, 0.29) is 18.4 Å². The topological polar surface area (TPSA) is 93.5 Å². The second-order valence-corrected chi connectivity index (χ2v) is 6.94. The smallest absolute Gasteiger partial charge is 0.258 e. The van der Waals surface area contributed by atoms with Gasteiger partial charge in [0.1, 0.15) is 11.8 Å². The number of hydrogen-bond donors (Lipinski definition) is 3. The molecule has 0 spiro atoms. The van der Waals surface area contributed by atoms with E-state index in [1.807, 2.05) is 31.2 Å². The van der Waals surface area contributed by atoms with Crippen molar-refractivity contribution in [3.8, 4) is 5.75 Å². The van der Waals surface area contributed by atoms with Gasteiger partial charge in [-0.2, -0.15) is 0 Å². The largest absolute Gasteiger partial charge is 0.484 e. The molecular weight excluding hydrogens is 378 g/mol. The molecule has 0 aromatic heterocycles. The molecule has 2 aromatic rings. The van der Waals surface area contributed by atoms with Crippen molar-refractivity contribution in [1.82, 2.24) is 5.32 Å². The number of hydrogen-bond acceptors (Lipinski definition) is 4. The van der Waals surface area contributed by atoms with Gasteiger partial charge in [0.2, 0.25) is 5.91 Å². The fourth-order valence-electron chi connectivity index (χ4n) is 2.57. The van der Waals surface area contributed by atoms with Crippen LogP contribution in [0.25, 0.3) is 0 Å². The number of ether oxygens (including phenoxy) is 1. The molecule has 150 valence electrons. The first-order valence-electron chi connectivity index (χ1n) is 9.23. The summed E-state index contributed by atoms with van der Waals surface area (Å²) in [4.78, 5) is 24.9. The molecule has 0 unspecified atom stereocenters. The molecule has 0 fully saturated rings. The van der Waals surface area contributed by atoms with Crippen LogP contribution in [0.3, 0.4) is 0 Å². The molecule has 1 atom stereocenters. The Morgan fingerprint density at radius 3 is 2.57 bits per heavy atom. The van der Waals surface area contributed by atoms with Gasteiger partial charge in [0.15, 0.2) is 6.61 Å². The van der Waals surface area contributed by atoms with Crippen molar-refractivity contribution < 1.29 is 14.3 Å². The summed E-state index contributed by atoms with van der Waals surface area (Å²) in [6.45, 7) is 2.31. The molecule has 7 heteroatoms. The Morgan fingerprint density at radius 1 is 1.14 bits per heavy atom. The SMILES string of the molecule is Cc1ccc(NC(=O)[C@H](CCCCN)NC(=O)COc2cccc(Cl)c2)cc1. The highest BCUT2D eigenvalue weighted by molar-refractivity contribution is 6.30. The van der Waals surface area contributed by atoms with Crippen LogP contribution in [0.1, 0.15) is 24.8 Å². The molecule has 0 saturated heterocycles. The lowest BCUT2D eigenvalue weighted by molar-refractivity contribution is -0.128. The van der Waals surface area contributed by atoms with E-state index < -0.39 is 6.04 Å². The van der Waals surface area contributed by atoms with Crippen LogP contribution in [0.2, 0.25) is 5.02 Å². The average Bonchev–Trinajstić information content (AvgIpc) is 2.67. The summed E-state index contributed by atoms with van der Waals surface area (Å²) < 4.78 is 5.44. The van der Waals surface area contributed by atoms with E-state index in [9.17, 15) is 9.59 Å². The monoisotopic (exact) mass is 403 g/mol. The van der Waals surface area contributed by atoms with E-state index in [1.165, 1.54) is 0 Å². The second kappa shape index (κ2) is 11.3. The number of aryl methyl sites for hydroxylation is 1. The minimum absolute atomic E-state index is 0.203. The summed E-state index contributed by atoms with van der Waals surface area (Å²) in [5.41, 5.74) is 7.32. The van der Waals surface area contributed by atoms with Crippen LogP contribution in [0.5, 0.6) is 5.75 Å². The summed E-state index contributed by atoms with van der Waals surface area (Å²) >= 11 is 5.90. The standard InChI is InChI=1S/C21H26ClN3O3/c1-15-8-10-17(11-9-15)24-21(27)19(7-2-3-12-23)25-20(26)14-28-18-6-4-5-16(22)13-18/h4-6,8-11,13,19H,2-3,7,12,14,23H2,1H3,(H,24,27)(H,25,26)/t19-/m0/s1. The third-order valence-electron chi connectivity index (χ3n) is 4.08. The maximum absolute atomic E-state index is 12.6. The number of nitrogens with two attached hydrogens (primary N) is 1. The molecule has 28 heavy (non-hydrogen) atoms. The van der Waals surface area contributed by atoms with Crippen LogP contribution in [0, 0.1) is 6.92 Å². The molecule has 0 aliphatic heterocycles. The summed E-state index contributed by atoms with van der Waals surface area (Å²) in [6, 6.07) is 13.6. The lowest BCUT2D eigenvalue weighted by Gasteiger charge is -2.19. The van der Waals surface area contributed by atoms with Crippen LogP contribution in [0.15, 0.2) is 48.5 Å². The molecule has 0 bridgehead atoms. The number of amides is 2. The van der Waals surface area contributed by atoms with Crippen molar-refractivity contribution >= 4 is 29.1 Å². The minimum atomic E-state index is -0.664. The predicted octanol–water partition coefficient (Wildman–Crippen LogP) is 3.28. The summed E-state index contributed by atoms with van der Waals surface area (Å²) in [5, 5.41) is 6.11. The normalized spacial score (nSPS) is 11.5. The number of benzene rings is 2. The quantitative estimate of drug-likeness (QED) is 0.530. The van der Waals surface area contributed by atoms with Gasteiger partial charge in [0.25, 0.3) is 5.91 Å². The first-order valence-corrected chi connectivity index (χ1v) is 9.61. The number of carbonyl (C=O) groups is 2.